The SMILES string of the molecule is CCc1ccc(C(=O)Cc2cc(F)ccc2C)s1. The maximum atomic E-state index is 13.2. The highest BCUT2D eigenvalue weighted by atomic mass is 32.1. The monoisotopic (exact) mass is 262 g/mol. The summed E-state index contributed by atoms with van der Waals surface area (Å²) < 4.78 is 13.2. The van der Waals surface area contributed by atoms with Crippen LogP contribution in [0.2, 0.25) is 0 Å². The van der Waals surface area contributed by atoms with Crippen molar-refractivity contribution >= 4 is 17.1 Å². The van der Waals surface area contributed by atoms with Crippen LogP contribution in [0.1, 0.15) is 32.6 Å². The molecule has 0 unspecified atom stereocenters. The fourth-order valence-electron chi connectivity index (χ4n) is 1.81. The highest BCUT2D eigenvalue weighted by molar-refractivity contribution is 7.14. The molecule has 18 heavy (non-hydrogen) atoms. The molecule has 2 rings (SSSR count). The van der Waals surface area contributed by atoms with E-state index in [1.54, 1.807) is 6.07 Å². The van der Waals surface area contributed by atoms with Crippen LogP contribution in [0.4, 0.5) is 4.39 Å². The van der Waals surface area contributed by atoms with Crippen LogP contribution in [0.25, 0.3) is 0 Å². The van der Waals surface area contributed by atoms with Gasteiger partial charge in [-0.2, -0.15) is 0 Å². The highest BCUT2D eigenvalue weighted by Gasteiger charge is 2.11. The van der Waals surface area contributed by atoms with Crippen molar-refractivity contribution in [1.82, 2.24) is 0 Å². The number of hydrogen-bond donors (Lipinski definition) is 0. The lowest BCUT2D eigenvalue weighted by Crippen LogP contribution is -2.03. The van der Waals surface area contributed by atoms with E-state index in [2.05, 4.69) is 6.92 Å². The van der Waals surface area contributed by atoms with E-state index in [0.29, 0.717) is 0 Å². The van der Waals surface area contributed by atoms with Crippen molar-refractivity contribution in [2.75, 3.05) is 0 Å². The predicted molar refractivity (Wildman–Crippen MR) is 72.9 cm³/mol. The summed E-state index contributed by atoms with van der Waals surface area (Å²) >= 11 is 1.53. The molecular weight excluding hydrogens is 247 g/mol. The molecule has 0 N–H and O–H groups in total. The molecule has 1 nitrogen and oxygen atoms in total. The average Bonchev–Trinajstić information content (AvgIpc) is 2.82. The summed E-state index contributed by atoms with van der Waals surface area (Å²) in [5.41, 5.74) is 1.73. The second-order valence-corrected chi connectivity index (χ2v) is 5.46. The molecule has 0 radical (unpaired) electrons. The van der Waals surface area contributed by atoms with E-state index < -0.39 is 0 Å². The lowest BCUT2D eigenvalue weighted by Gasteiger charge is -2.04. The minimum absolute atomic E-state index is 0.0633. The molecule has 1 heterocycles. The number of carbonyl (C=O) groups excluding carboxylic acids is 1. The fraction of sp³-hybridized carbons (Fsp3) is 0.267. The van der Waals surface area contributed by atoms with Gasteiger partial charge in [-0.3, -0.25) is 4.79 Å². The van der Waals surface area contributed by atoms with E-state index in [1.165, 1.54) is 28.3 Å². The fourth-order valence-corrected chi connectivity index (χ4v) is 2.69. The lowest BCUT2D eigenvalue weighted by atomic mass is 10.0. The third-order valence-corrected chi connectivity index (χ3v) is 4.22. The van der Waals surface area contributed by atoms with E-state index in [-0.39, 0.29) is 18.0 Å². The standard InChI is InChI=1S/C15H15FOS/c1-3-13-6-7-15(18-13)14(17)9-11-8-12(16)5-4-10(11)2/h4-8H,3,9H2,1-2H3. The first-order chi connectivity index (χ1) is 8.60. The summed E-state index contributed by atoms with van der Waals surface area (Å²) in [5.74, 6) is -0.225. The number of aryl methyl sites for hydroxylation is 2. The number of ketones is 1. The zero-order chi connectivity index (χ0) is 13.1. The van der Waals surface area contributed by atoms with Gasteiger partial charge in [0.15, 0.2) is 5.78 Å². The van der Waals surface area contributed by atoms with Crippen molar-refractivity contribution in [2.24, 2.45) is 0 Å². The van der Waals surface area contributed by atoms with Crippen molar-refractivity contribution in [1.29, 1.82) is 0 Å². The largest absolute Gasteiger partial charge is 0.293 e. The second-order valence-electron chi connectivity index (χ2n) is 4.29. The van der Waals surface area contributed by atoms with Gasteiger partial charge in [-0.05, 0) is 48.7 Å². The molecule has 0 saturated heterocycles. The van der Waals surface area contributed by atoms with Gasteiger partial charge in [-0.15, -0.1) is 11.3 Å². The van der Waals surface area contributed by atoms with E-state index in [4.69, 9.17) is 0 Å². The minimum atomic E-state index is -0.288. The van der Waals surface area contributed by atoms with Crippen LogP contribution in [-0.4, -0.2) is 5.78 Å². The first-order valence-electron chi connectivity index (χ1n) is 5.97. The molecule has 0 fully saturated rings. The summed E-state index contributed by atoms with van der Waals surface area (Å²) in [5, 5.41) is 0. The Morgan fingerprint density at radius 2 is 2.06 bits per heavy atom. The van der Waals surface area contributed by atoms with E-state index in [9.17, 15) is 9.18 Å². The minimum Gasteiger partial charge on any atom is -0.293 e. The van der Waals surface area contributed by atoms with Crippen LogP contribution in [0.15, 0.2) is 30.3 Å². The van der Waals surface area contributed by atoms with E-state index in [1.807, 2.05) is 19.1 Å². The molecule has 0 aliphatic heterocycles. The van der Waals surface area contributed by atoms with Gasteiger partial charge in [-0.1, -0.05) is 13.0 Å². The molecule has 1 aromatic carbocycles. The van der Waals surface area contributed by atoms with Gasteiger partial charge in [0.1, 0.15) is 5.82 Å². The molecule has 0 aliphatic rings. The second kappa shape index (κ2) is 5.44. The Bertz CT molecular complexity index is 572. The summed E-state index contributed by atoms with van der Waals surface area (Å²) in [6, 6.07) is 8.42. The maximum absolute atomic E-state index is 13.2. The molecule has 0 amide bonds. The van der Waals surface area contributed by atoms with Crippen molar-refractivity contribution in [3.63, 3.8) is 0 Å². The van der Waals surface area contributed by atoms with Crippen LogP contribution in [0.5, 0.6) is 0 Å². The van der Waals surface area contributed by atoms with Gasteiger partial charge in [0.2, 0.25) is 0 Å². The Hall–Kier alpha value is -1.48. The third kappa shape index (κ3) is 2.85. The Labute approximate surface area is 110 Å². The van der Waals surface area contributed by atoms with Gasteiger partial charge < -0.3 is 0 Å². The van der Waals surface area contributed by atoms with Crippen molar-refractivity contribution in [2.45, 2.75) is 26.7 Å². The molecule has 3 heteroatoms. The zero-order valence-corrected chi connectivity index (χ0v) is 11.3. The smallest absolute Gasteiger partial charge is 0.177 e. The first-order valence-corrected chi connectivity index (χ1v) is 6.78. The Morgan fingerprint density at radius 3 is 2.72 bits per heavy atom. The maximum Gasteiger partial charge on any atom is 0.177 e. The Morgan fingerprint density at radius 1 is 1.28 bits per heavy atom. The molecular formula is C15H15FOS. The summed E-state index contributed by atoms with van der Waals surface area (Å²) in [6.07, 6.45) is 1.21. The summed E-state index contributed by atoms with van der Waals surface area (Å²) in [4.78, 5) is 14.1. The quantitative estimate of drug-likeness (QED) is 0.755. The number of rotatable bonds is 4. The van der Waals surface area contributed by atoms with Gasteiger partial charge in [0, 0.05) is 11.3 Å². The molecule has 2 aromatic rings. The van der Waals surface area contributed by atoms with Crippen LogP contribution in [0, 0.1) is 12.7 Å². The molecule has 0 atom stereocenters. The van der Waals surface area contributed by atoms with Gasteiger partial charge in [-0.25, -0.2) is 4.39 Å². The summed E-state index contributed by atoms with van der Waals surface area (Å²) in [6.45, 7) is 3.96. The summed E-state index contributed by atoms with van der Waals surface area (Å²) in [7, 11) is 0. The molecule has 0 saturated carbocycles. The third-order valence-electron chi connectivity index (χ3n) is 2.95. The number of carbonyl (C=O) groups is 1. The van der Waals surface area contributed by atoms with E-state index in [0.717, 1.165) is 22.4 Å². The zero-order valence-electron chi connectivity index (χ0n) is 10.5. The number of halogens is 1. The lowest BCUT2D eigenvalue weighted by molar-refractivity contribution is 0.0996. The normalized spacial score (nSPS) is 10.6. The topological polar surface area (TPSA) is 17.1 Å². The molecule has 0 bridgehead atoms. The number of hydrogen-bond acceptors (Lipinski definition) is 2. The first kappa shape index (κ1) is 13.0. The molecule has 0 aliphatic carbocycles. The number of Topliss-reactive ketones (excluding diaryl/α,β-unsaturated/α-hetero) is 1. The Kier molecular flexibility index (Phi) is 3.92. The van der Waals surface area contributed by atoms with Gasteiger partial charge in [0.25, 0.3) is 0 Å². The number of thiophene rings is 1. The van der Waals surface area contributed by atoms with Crippen molar-refractivity contribution in [3.05, 3.63) is 57.0 Å². The Balaban J connectivity index is 2.18. The molecule has 0 spiro atoms. The van der Waals surface area contributed by atoms with Crippen molar-refractivity contribution in [3.8, 4) is 0 Å². The van der Waals surface area contributed by atoms with Gasteiger partial charge in [0.05, 0.1) is 4.88 Å². The van der Waals surface area contributed by atoms with Crippen LogP contribution < -0.4 is 0 Å². The predicted octanol–water partition coefficient (Wildman–Crippen LogP) is 4.18. The van der Waals surface area contributed by atoms with Crippen LogP contribution >= 0.6 is 11.3 Å². The van der Waals surface area contributed by atoms with Gasteiger partial charge >= 0.3 is 0 Å². The van der Waals surface area contributed by atoms with Crippen molar-refractivity contribution < 1.29 is 9.18 Å². The highest BCUT2D eigenvalue weighted by Crippen LogP contribution is 2.20. The van der Waals surface area contributed by atoms with E-state index >= 15 is 0 Å². The average molecular weight is 262 g/mol. The molecule has 94 valence electrons. The number of benzene rings is 1. The molecule has 1 aromatic heterocycles. The van der Waals surface area contributed by atoms with Crippen LogP contribution in [-0.2, 0) is 12.8 Å². The van der Waals surface area contributed by atoms with Crippen LogP contribution in [0.3, 0.4) is 0 Å².